The van der Waals surface area contributed by atoms with Crippen LogP contribution in [0, 0.1) is 13.8 Å². The van der Waals surface area contributed by atoms with E-state index in [2.05, 4.69) is 10.2 Å². The third kappa shape index (κ3) is 4.18. The molecule has 0 fully saturated rings. The Hall–Kier alpha value is -3.75. The molecule has 0 heterocycles. The van der Waals surface area contributed by atoms with Crippen molar-refractivity contribution in [3.8, 4) is 16.9 Å². The van der Waals surface area contributed by atoms with Crippen LogP contribution in [-0.4, -0.2) is 18.1 Å². The standard InChI is InChI=1S/C24H21N3O4S/c1-14-11-17(4-8-21(14)25)18-6-9-22(15(2)12-18)26-27-23-10-5-16-3-7-19(32(29,30)31)13-20(16)24(23)28/h3-13,28H,25H2,1-2H3,(H,29,30,31). The molecule has 0 saturated heterocycles. The summed E-state index contributed by atoms with van der Waals surface area (Å²) in [5, 5.41) is 19.9. The quantitative estimate of drug-likeness (QED) is 0.199. The van der Waals surface area contributed by atoms with E-state index in [9.17, 15) is 18.1 Å². The Kier molecular flexibility index (Phi) is 5.41. The zero-order valence-electron chi connectivity index (χ0n) is 17.4. The van der Waals surface area contributed by atoms with E-state index >= 15 is 0 Å². The monoisotopic (exact) mass is 447 g/mol. The molecule has 4 rings (SSSR count). The number of hydrogen-bond donors (Lipinski definition) is 3. The number of fused-ring (bicyclic) bond motifs is 1. The fourth-order valence-electron chi connectivity index (χ4n) is 3.42. The highest BCUT2D eigenvalue weighted by Gasteiger charge is 2.13. The predicted molar refractivity (Wildman–Crippen MR) is 125 cm³/mol. The van der Waals surface area contributed by atoms with Gasteiger partial charge in [-0.2, -0.15) is 13.5 Å². The molecule has 0 radical (unpaired) electrons. The Bertz CT molecular complexity index is 1500. The van der Waals surface area contributed by atoms with Crippen molar-refractivity contribution in [1.29, 1.82) is 0 Å². The van der Waals surface area contributed by atoms with Gasteiger partial charge in [0.25, 0.3) is 10.1 Å². The van der Waals surface area contributed by atoms with Gasteiger partial charge in [-0.25, -0.2) is 0 Å². The summed E-state index contributed by atoms with van der Waals surface area (Å²) in [7, 11) is -4.39. The summed E-state index contributed by atoms with van der Waals surface area (Å²) in [4.78, 5) is -0.307. The van der Waals surface area contributed by atoms with Crippen LogP contribution < -0.4 is 5.73 Å². The van der Waals surface area contributed by atoms with Gasteiger partial charge >= 0.3 is 0 Å². The van der Waals surface area contributed by atoms with E-state index < -0.39 is 10.1 Å². The van der Waals surface area contributed by atoms with Crippen LogP contribution in [0.1, 0.15) is 11.1 Å². The lowest BCUT2D eigenvalue weighted by molar-refractivity contribution is 0.481. The third-order valence-electron chi connectivity index (χ3n) is 5.31. The number of phenols is 1. The van der Waals surface area contributed by atoms with Crippen LogP contribution in [0.3, 0.4) is 0 Å². The van der Waals surface area contributed by atoms with E-state index in [1.165, 1.54) is 18.2 Å². The normalized spacial score (nSPS) is 12.0. The fraction of sp³-hybridized carbons (Fsp3) is 0.0833. The minimum atomic E-state index is -4.39. The molecule has 0 saturated carbocycles. The van der Waals surface area contributed by atoms with Crippen molar-refractivity contribution >= 4 is 38.0 Å². The number of aryl methyl sites for hydroxylation is 2. The number of nitrogens with two attached hydrogens (primary N) is 1. The van der Waals surface area contributed by atoms with Gasteiger partial charge in [0.15, 0.2) is 5.75 Å². The molecule has 162 valence electrons. The van der Waals surface area contributed by atoms with Crippen molar-refractivity contribution in [3.05, 3.63) is 77.9 Å². The topological polar surface area (TPSA) is 125 Å². The minimum Gasteiger partial charge on any atom is -0.505 e. The largest absolute Gasteiger partial charge is 0.505 e. The maximum absolute atomic E-state index is 11.4. The van der Waals surface area contributed by atoms with Gasteiger partial charge in [0.2, 0.25) is 0 Å². The molecule has 0 spiro atoms. The van der Waals surface area contributed by atoms with Gasteiger partial charge < -0.3 is 10.8 Å². The summed E-state index contributed by atoms with van der Waals surface area (Å²) in [6.07, 6.45) is 0. The zero-order chi connectivity index (χ0) is 23.0. The van der Waals surface area contributed by atoms with Crippen LogP contribution in [0.25, 0.3) is 21.9 Å². The maximum Gasteiger partial charge on any atom is 0.294 e. The van der Waals surface area contributed by atoms with Crippen LogP contribution in [0.5, 0.6) is 5.75 Å². The van der Waals surface area contributed by atoms with Crippen molar-refractivity contribution in [2.75, 3.05) is 5.73 Å². The molecule has 4 aromatic rings. The van der Waals surface area contributed by atoms with Gasteiger partial charge in [0.1, 0.15) is 5.69 Å². The van der Waals surface area contributed by atoms with Crippen molar-refractivity contribution < 1.29 is 18.1 Å². The van der Waals surface area contributed by atoms with Crippen LogP contribution in [-0.2, 0) is 10.1 Å². The maximum atomic E-state index is 11.4. The van der Waals surface area contributed by atoms with E-state index in [1.807, 2.05) is 50.2 Å². The number of phenolic OH excluding ortho intramolecular Hbond substituents is 1. The number of nitrogen functional groups attached to an aromatic ring is 1. The SMILES string of the molecule is Cc1cc(-c2ccc(N=Nc3ccc4ccc(S(=O)(=O)O)cc4c3O)c(C)c2)ccc1N. The molecule has 0 amide bonds. The number of rotatable bonds is 4. The summed E-state index contributed by atoms with van der Waals surface area (Å²) in [6.45, 7) is 3.88. The molecule has 0 aliphatic heterocycles. The second kappa shape index (κ2) is 8.07. The highest BCUT2D eigenvalue weighted by Crippen LogP contribution is 2.37. The Morgan fingerprint density at radius 1 is 0.781 bits per heavy atom. The number of hydrogen-bond acceptors (Lipinski definition) is 6. The first-order chi connectivity index (χ1) is 15.1. The van der Waals surface area contributed by atoms with Crippen LogP contribution in [0.4, 0.5) is 17.1 Å². The van der Waals surface area contributed by atoms with Crippen molar-refractivity contribution in [2.45, 2.75) is 18.7 Å². The lowest BCUT2D eigenvalue weighted by atomic mass is 10.0. The molecular weight excluding hydrogens is 426 g/mol. The molecular formula is C24H21N3O4S. The van der Waals surface area contributed by atoms with Crippen molar-refractivity contribution in [2.24, 2.45) is 10.2 Å². The first-order valence-electron chi connectivity index (χ1n) is 9.75. The fourth-order valence-corrected chi connectivity index (χ4v) is 3.93. The van der Waals surface area contributed by atoms with E-state index in [-0.39, 0.29) is 21.7 Å². The second-order valence-electron chi connectivity index (χ2n) is 7.56. The summed E-state index contributed by atoms with van der Waals surface area (Å²) < 4.78 is 32.1. The summed E-state index contributed by atoms with van der Waals surface area (Å²) in [5.74, 6) is -0.219. The molecule has 0 bridgehead atoms. The van der Waals surface area contributed by atoms with Gasteiger partial charge in [-0.1, -0.05) is 24.3 Å². The van der Waals surface area contributed by atoms with Gasteiger partial charge in [-0.3, -0.25) is 4.55 Å². The van der Waals surface area contributed by atoms with Crippen molar-refractivity contribution in [1.82, 2.24) is 0 Å². The molecule has 7 nitrogen and oxygen atoms in total. The molecule has 0 aromatic heterocycles. The molecule has 0 aliphatic rings. The van der Waals surface area contributed by atoms with Gasteiger partial charge in [-0.05, 0) is 84.0 Å². The summed E-state index contributed by atoms with van der Waals surface area (Å²) in [5.41, 5.74) is 11.4. The van der Waals surface area contributed by atoms with Crippen LogP contribution in [0.2, 0.25) is 0 Å². The zero-order valence-corrected chi connectivity index (χ0v) is 18.3. The Balaban J connectivity index is 1.68. The lowest BCUT2D eigenvalue weighted by Gasteiger charge is -2.08. The van der Waals surface area contributed by atoms with Gasteiger partial charge in [-0.15, -0.1) is 5.11 Å². The number of aromatic hydroxyl groups is 1. The number of anilines is 1. The smallest absolute Gasteiger partial charge is 0.294 e. The number of azo groups is 1. The first kappa shape index (κ1) is 21.5. The lowest BCUT2D eigenvalue weighted by Crippen LogP contribution is -1.97. The molecule has 0 aliphatic carbocycles. The van der Waals surface area contributed by atoms with Gasteiger partial charge in [0.05, 0.1) is 10.6 Å². The molecule has 0 unspecified atom stereocenters. The van der Waals surface area contributed by atoms with E-state index in [1.54, 1.807) is 12.1 Å². The van der Waals surface area contributed by atoms with Crippen LogP contribution in [0.15, 0.2) is 81.9 Å². The Morgan fingerprint density at radius 3 is 2.03 bits per heavy atom. The molecule has 4 aromatic carbocycles. The Labute approximate surface area is 185 Å². The van der Waals surface area contributed by atoms with Crippen LogP contribution >= 0.6 is 0 Å². The summed E-state index contributed by atoms with van der Waals surface area (Å²) >= 11 is 0. The molecule has 32 heavy (non-hydrogen) atoms. The average molecular weight is 448 g/mol. The highest BCUT2D eigenvalue weighted by atomic mass is 32.2. The highest BCUT2D eigenvalue weighted by molar-refractivity contribution is 7.85. The number of nitrogens with zero attached hydrogens (tertiary/aromatic N) is 2. The van der Waals surface area contributed by atoms with Crippen molar-refractivity contribution in [3.63, 3.8) is 0 Å². The van der Waals surface area contributed by atoms with Gasteiger partial charge in [0, 0.05) is 11.1 Å². The minimum absolute atomic E-state index is 0.183. The predicted octanol–water partition coefficient (Wildman–Crippen LogP) is 6.07. The first-order valence-corrected chi connectivity index (χ1v) is 11.2. The van der Waals surface area contributed by atoms with E-state index in [4.69, 9.17) is 5.73 Å². The number of benzene rings is 4. The third-order valence-corrected chi connectivity index (χ3v) is 6.16. The van der Waals surface area contributed by atoms with E-state index in [0.29, 0.717) is 11.1 Å². The summed E-state index contributed by atoms with van der Waals surface area (Å²) in [6, 6.07) is 18.9. The van der Waals surface area contributed by atoms with E-state index in [0.717, 1.165) is 27.9 Å². The average Bonchev–Trinajstić information content (AvgIpc) is 2.75. The Morgan fingerprint density at radius 2 is 1.38 bits per heavy atom. The molecule has 4 N–H and O–H groups in total. The second-order valence-corrected chi connectivity index (χ2v) is 8.99. The molecule has 0 atom stereocenters. The molecule has 8 heteroatoms.